The van der Waals surface area contributed by atoms with Crippen LogP contribution in [0, 0.1) is 0 Å². The molecule has 1 amide bonds. The number of amides is 1. The lowest BCUT2D eigenvalue weighted by atomic mass is 9.94. The number of hydrogen-bond donors (Lipinski definition) is 1. The van der Waals surface area contributed by atoms with Crippen molar-refractivity contribution < 1.29 is 4.79 Å². The standard InChI is InChI=1S/C20H24N2O.ClH/c1-20(2,17-11-4-3-5-12-17)21-15-19(23)22-14-8-10-16-9-6-7-13-18(16)22;/h3-7,9,11-13,21H,8,10,14-15H2,1-2H3;1H. The molecular weight excluding hydrogens is 320 g/mol. The van der Waals surface area contributed by atoms with Gasteiger partial charge in [-0.15, -0.1) is 12.4 Å². The number of anilines is 1. The van der Waals surface area contributed by atoms with Crippen molar-refractivity contribution in [1.29, 1.82) is 0 Å². The highest BCUT2D eigenvalue weighted by molar-refractivity contribution is 5.96. The molecule has 0 aliphatic carbocycles. The number of carbonyl (C=O) groups excluding carboxylic acids is 1. The number of carbonyl (C=O) groups is 1. The van der Waals surface area contributed by atoms with E-state index >= 15 is 0 Å². The zero-order valence-electron chi connectivity index (χ0n) is 14.3. The number of benzene rings is 2. The predicted octanol–water partition coefficient (Wildman–Crippen LogP) is 3.91. The van der Waals surface area contributed by atoms with Gasteiger partial charge >= 0.3 is 0 Å². The lowest BCUT2D eigenvalue weighted by Gasteiger charge is -2.32. The Hall–Kier alpha value is -1.84. The van der Waals surface area contributed by atoms with E-state index in [0.29, 0.717) is 6.54 Å². The van der Waals surface area contributed by atoms with Gasteiger partial charge in [0.25, 0.3) is 0 Å². The second-order valence-electron chi connectivity index (χ2n) is 6.62. The van der Waals surface area contributed by atoms with Crippen molar-refractivity contribution in [2.75, 3.05) is 18.0 Å². The summed E-state index contributed by atoms with van der Waals surface area (Å²) in [7, 11) is 0. The van der Waals surface area contributed by atoms with Crippen LogP contribution >= 0.6 is 12.4 Å². The van der Waals surface area contributed by atoms with Crippen LogP contribution in [-0.2, 0) is 16.8 Å². The van der Waals surface area contributed by atoms with E-state index < -0.39 is 0 Å². The quantitative estimate of drug-likeness (QED) is 0.912. The van der Waals surface area contributed by atoms with Crippen LogP contribution in [0.15, 0.2) is 54.6 Å². The third kappa shape index (κ3) is 3.97. The molecule has 3 nitrogen and oxygen atoms in total. The molecule has 0 saturated heterocycles. The van der Waals surface area contributed by atoms with Gasteiger partial charge in [-0.3, -0.25) is 10.1 Å². The van der Waals surface area contributed by atoms with Crippen molar-refractivity contribution in [3.63, 3.8) is 0 Å². The van der Waals surface area contributed by atoms with Crippen LogP contribution < -0.4 is 10.2 Å². The Morgan fingerprint density at radius 3 is 2.50 bits per heavy atom. The van der Waals surface area contributed by atoms with Gasteiger partial charge in [0.2, 0.25) is 5.91 Å². The first kappa shape index (κ1) is 18.5. The molecule has 0 atom stereocenters. The average Bonchev–Trinajstić information content (AvgIpc) is 2.60. The number of rotatable bonds is 4. The Morgan fingerprint density at radius 1 is 1.08 bits per heavy atom. The summed E-state index contributed by atoms with van der Waals surface area (Å²) in [5.74, 6) is 0.140. The SMILES string of the molecule is CC(C)(NCC(=O)N1CCCc2ccccc21)c1ccccc1.Cl. The monoisotopic (exact) mass is 344 g/mol. The topological polar surface area (TPSA) is 32.3 Å². The van der Waals surface area contributed by atoms with Crippen molar-refractivity contribution in [2.45, 2.75) is 32.2 Å². The van der Waals surface area contributed by atoms with Gasteiger partial charge in [-0.1, -0.05) is 48.5 Å². The molecule has 4 heteroatoms. The summed E-state index contributed by atoms with van der Waals surface area (Å²) < 4.78 is 0. The molecule has 3 rings (SSSR count). The number of halogens is 1. The van der Waals surface area contributed by atoms with Crippen LogP contribution in [0.25, 0.3) is 0 Å². The molecule has 0 fully saturated rings. The first-order chi connectivity index (χ1) is 11.1. The lowest BCUT2D eigenvalue weighted by Crippen LogP contribution is -2.46. The first-order valence-corrected chi connectivity index (χ1v) is 8.27. The lowest BCUT2D eigenvalue weighted by molar-refractivity contribution is -0.118. The Labute approximate surface area is 150 Å². The second-order valence-corrected chi connectivity index (χ2v) is 6.62. The van der Waals surface area contributed by atoms with E-state index in [1.54, 1.807) is 0 Å². The smallest absolute Gasteiger partial charge is 0.240 e. The van der Waals surface area contributed by atoms with Gasteiger partial charge < -0.3 is 4.90 Å². The highest BCUT2D eigenvalue weighted by atomic mass is 35.5. The number of nitrogens with one attached hydrogen (secondary N) is 1. The minimum absolute atomic E-state index is 0. The normalized spacial score (nSPS) is 13.8. The average molecular weight is 345 g/mol. The van der Waals surface area contributed by atoms with E-state index in [1.807, 2.05) is 35.2 Å². The van der Waals surface area contributed by atoms with E-state index in [4.69, 9.17) is 0 Å². The van der Waals surface area contributed by atoms with Gasteiger partial charge in [-0.05, 0) is 43.9 Å². The Balaban J connectivity index is 0.00000208. The number of aryl methyl sites for hydroxylation is 1. The number of nitrogens with zero attached hydrogens (tertiary/aromatic N) is 1. The predicted molar refractivity (Wildman–Crippen MR) is 102 cm³/mol. The highest BCUT2D eigenvalue weighted by Gasteiger charge is 2.25. The van der Waals surface area contributed by atoms with Crippen molar-refractivity contribution >= 4 is 24.0 Å². The molecule has 2 aromatic carbocycles. The van der Waals surface area contributed by atoms with Crippen molar-refractivity contribution in [3.8, 4) is 0 Å². The number of fused-ring (bicyclic) bond motifs is 1. The van der Waals surface area contributed by atoms with Gasteiger partial charge in [-0.2, -0.15) is 0 Å². The zero-order chi connectivity index (χ0) is 16.3. The minimum Gasteiger partial charge on any atom is -0.311 e. The summed E-state index contributed by atoms with van der Waals surface area (Å²) in [5, 5.41) is 3.41. The Morgan fingerprint density at radius 2 is 1.75 bits per heavy atom. The minimum atomic E-state index is -0.230. The van der Waals surface area contributed by atoms with Crippen LogP contribution in [0.5, 0.6) is 0 Å². The largest absolute Gasteiger partial charge is 0.311 e. The van der Waals surface area contributed by atoms with Gasteiger partial charge in [-0.25, -0.2) is 0 Å². The Bertz CT molecular complexity index is 685. The molecule has 0 saturated carbocycles. The van der Waals surface area contributed by atoms with Crippen LogP contribution in [0.1, 0.15) is 31.4 Å². The highest BCUT2D eigenvalue weighted by Crippen LogP contribution is 2.27. The molecule has 24 heavy (non-hydrogen) atoms. The zero-order valence-corrected chi connectivity index (χ0v) is 15.1. The third-order valence-electron chi connectivity index (χ3n) is 4.59. The van der Waals surface area contributed by atoms with Gasteiger partial charge in [0.1, 0.15) is 0 Å². The first-order valence-electron chi connectivity index (χ1n) is 8.27. The molecule has 0 aromatic heterocycles. The fourth-order valence-corrected chi connectivity index (χ4v) is 3.14. The van der Waals surface area contributed by atoms with Gasteiger partial charge in [0, 0.05) is 17.8 Å². The molecule has 128 valence electrons. The summed E-state index contributed by atoms with van der Waals surface area (Å²) in [5.41, 5.74) is 3.30. The van der Waals surface area contributed by atoms with Crippen LogP contribution in [-0.4, -0.2) is 19.0 Å². The fourth-order valence-electron chi connectivity index (χ4n) is 3.14. The maximum atomic E-state index is 12.7. The Kier molecular flexibility index (Phi) is 6.03. The molecule has 0 bridgehead atoms. The maximum Gasteiger partial charge on any atom is 0.240 e. The second kappa shape index (κ2) is 7.82. The van der Waals surface area contributed by atoms with E-state index in [-0.39, 0.29) is 23.9 Å². The van der Waals surface area contributed by atoms with Gasteiger partial charge in [0.15, 0.2) is 0 Å². The van der Waals surface area contributed by atoms with Crippen molar-refractivity contribution in [3.05, 3.63) is 65.7 Å². The molecule has 2 aromatic rings. The molecule has 1 N–H and O–H groups in total. The van der Waals surface area contributed by atoms with Crippen molar-refractivity contribution in [2.24, 2.45) is 0 Å². The molecule has 0 unspecified atom stereocenters. The van der Waals surface area contributed by atoms with Crippen LogP contribution in [0.3, 0.4) is 0 Å². The molecule has 1 aliphatic rings. The summed E-state index contributed by atoms with van der Waals surface area (Å²) in [4.78, 5) is 14.6. The number of para-hydroxylation sites is 1. The molecule has 0 spiro atoms. The maximum absolute atomic E-state index is 12.7. The molecule has 1 heterocycles. The van der Waals surface area contributed by atoms with Crippen molar-refractivity contribution in [1.82, 2.24) is 5.32 Å². The molecule has 1 aliphatic heterocycles. The van der Waals surface area contributed by atoms with E-state index in [9.17, 15) is 4.79 Å². The van der Waals surface area contributed by atoms with Gasteiger partial charge in [0.05, 0.1) is 6.54 Å². The summed E-state index contributed by atoms with van der Waals surface area (Å²) in [6.45, 7) is 5.37. The van der Waals surface area contributed by atoms with Crippen LogP contribution in [0.2, 0.25) is 0 Å². The van der Waals surface area contributed by atoms with E-state index in [2.05, 4.69) is 43.4 Å². The summed E-state index contributed by atoms with van der Waals surface area (Å²) in [6, 6.07) is 18.5. The molecule has 0 radical (unpaired) electrons. The summed E-state index contributed by atoms with van der Waals surface area (Å²) in [6.07, 6.45) is 2.09. The third-order valence-corrected chi connectivity index (χ3v) is 4.59. The molecular formula is C20H25ClN2O. The fraction of sp³-hybridized carbons (Fsp3) is 0.350. The number of hydrogen-bond acceptors (Lipinski definition) is 2. The van der Waals surface area contributed by atoms with E-state index in [0.717, 1.165) is 25.1 Å². The van der Waals surface area contributed by atoms with E-state index in [1.165, 1.54) is 11.1 Å². The van der Waals surface area contributed by atoms with Crippen LogP contribution in [0.4, 0.5) is 5.69 Å². The summed E-state index contributed by atoms with van der Waals surface area (Å²) >= 11 is 0.